The summed E-state index contributed by atoms with van der Waals surface area (Å²) in [4.78, 5) is 0. The molecule has 0 bridgehead atoms. The van der Waals surface area contributed by atoms with Crippen LogP contribution >= 0.6 is 0 Å². The number of para-hydroxylation sites is 2. The summed E-state index contributed by atoms with van der Waals surface area (Å²) in [5.41, 5.74) is 3.18. The predicted octanol–water partition coefficient (Wildman–Crippen LogP) is 5.89. The summed E-state index contributed by atoms with van der Waals surface area (Å²) >= 11 is 0. The van der Waals surface area contributed by atoms with Gasteiger partial charge in [0, 0.05) is 16.5 Å². The van der Waals surface area contributed by atoms with Gasteiger partial charge in [-0.3, -0.25) is 0 Å². The molecule has 4 heteroatoms. The van der Waals surface area contributed by atoms with Crippen LogP contribution in [0.3, 0.4) is 0 Å². The number of alkyl halides is 3. The number of rotatable bonds is 2. The van der Waals surface area contributed by atoms with Crippen molar-refractivity contribution in [2.45, 2.75) is 12.6 Å². The topological polar surface area (TPSA) is 4.93 Å². The van der Waals surface area contributed by atoms with E-state index in [-0.39, 0.29) is 5.56 Å². The van der Waals surface area contributed by atoms with Crippen molar-refractivity contribution < 1.29 is 13.2 Å². The molecule has 24 heavy (non-hydrogen) atoms. The summed E-state index contributed by atoms with van der Waals surface area (Å²) in [5.74, 6) is 0. The number of halogens is 3. The summed E-state index contributed by atoms with van der Waals surface area (Å²) in [5, 5.41) is 1.80. The van der Waals surface area contributed by atoms with Crippen LogP contribution in [0.25, 0.3) is 27.5 Å². The van der Waals surface area contributed by atoms with Crippen LogP contribution in [0.1, 0.15) is 5.56 Å². The highest BCUT2D eigenvalue weighted by molar-refractivity contribution is 6.09. The third-order valence-electron chi connectivity index (χ3n) is 4.16. The molecule has 1 nitrogen and oxygen atoms in total. The van der Waals surface area contributed by atoms with Crippen molar-refractivity contribution >= 4 is 21.8 Å². The van der Waals surface area contributed by atoms with Crippen molar-refractivity contribution in [1.29, 1.82) is 0 Å². The Morgan fingerprint density at radius 2 is 1.38 bits per heavy atom. The Balaban J connectivity index is 2.02. The first kappa shape index (κ1) is 14.8. The molecule has 0 aliphatic rings. The van der Waals surface area contributed by atoms with Crippen molar-refractivity contribution in [2.24, 2.45) is 0 Å². The Kier molecular flexibility index (Phi) is 3.34. The normalized spacial score (nSPS) is 12.1. The molecule has 0 saturated carbocycles. The van der Waals surface area contributed by atoms with E-state index in [2.05, 4.69) is 4.57 Å². The van der Waals surface area contributed by atoms with Gasteiger partial charge in [-0.05, 0) is 35.9 Å². The maximum Gasteiger partial charge on any atom is 0.393 e. The Labute approximate surface area is 136 Å². The summed E-state index contributed by atoms with van der Waals surface area (Å²) < 4.78 is 40.2. The van der Waals surface area contributed by atoms with Crippen LogP contribution in [0.15, 0.2) is 72.8 Å². The molecule has 4 aromatic rings. The average Bonchev–Trinajstić information content (AvgIpc) is 2.88. The van der Waals surface area contributed by atoms with Crippen LogP contribution < -0.4 is 0 Å². The van der Waals surface area contributed by atoms with Gasteiger partial charge >= 0.3 is 6.18 Å². The summed E-state index contributed by atoms with van der Waals surface area (Å²) in [6.45, 7) is 0. The number of fused-ring (bicyclic) bond motifs is 3. The van der Waals surface area contributed by atoms with Gasteiger partial charge in [0.2, 0.25) is 0 Å². The van der Waals surface area contributed by atoms with Gasteiger partial charge in [0.25, 0.3) is 0 Å². The quantitative estimate of drug-likeness (QED) is 0.433. The fourth-order valence-corrected chi connectivity index (χ4v) is 3.22. The van der Waals surface area contributed by atoms with Crippen molar-refractivity contribution in [1.82, 2.24) is 4.57 Å². The largest absolute Gasteiger partial charge is 0.393 e. The number of hydrogen-bond acceptors (Lipinski definition) is 0. The van der Waals surface area contributed by atoms with E-state index >= 15 is 0 Å². The molecule has 0 aliphatic heterocycles. The lowest BCUT2D eigenvalue weighted by molar-refractivity contribution is -0.127. The van der Waals surface area contributed by atoms with Gasteiger partial charge in [-0.25, -0.2) is 0 Å². The first-order valence-corrected chi connectivity index (χ1v) is 7.67. The van der Waals surface area contributed by atoms with Crippen LogP contribution in [0, 0.1) is 0 Å². The van der Waals surface area contributed by atoms with E-state index in [1.165, 1.54) is 0 Å². The second-order valence-corrected chi connectivity index (χ2v) is 5.83. The van der Waals surface area contributed by atoms with E-state index in [0.717, 1.165) is 27.5 Å². The molecule has 0 spiro atoms. The van der Waals surface area contributed by atoms with E-state index in [4.69, 9.17) is 0 Å². The van der Waals surface area contributed by atoms with Crippen LogP contribution in [-0.4, -0.2) is 10.7 Å². The maximum absolute atomic E-state index is 12.7. The number of aromatic nitrogens is 1. The van der Waals surface area contributed by atoms with Gasteiger partial charge in [0.15, 0.2) is 0 Å². The van der Waals surface area contributed by atoms with Crippen LogP contribution in [-0.2, 0) is 6.42 Å². The Morgan fingerprint density at radius 3 is 2.12 bits per heavy atom. The minimum Gasteiger partial charge on any atom is -0.309 e. The number of hydrogen-bond donors (Lipinski definition) is 0. The lowest BCUT2D eigenvalue weighted by Gasteiger charge is -2.09. The van der Waals surface area contributed by atoms with Crippen LogP contribution in [0.2, 0.25) is 0 Å². The first-order valence-electron chi connectivity index (χ1n) is 7.67. The number of benzene rings is 3. The monoisotopic (exact) mass is 325 g/mol. The van der Waals surface area contributed by atoms with E-state index in [1.54, 1.807) is 18.2 Å². The molecule has 0 unspecified atom stereocenters. The molecule has 3 aromatic carbocycles. The molecule has 0 amide bonds. The van der Waals surface area contributed by atoms with Crippen molar-refractivity contribution in [3.8, 4) is 5.69 Å². The molecular formula is C20H14F3N. The highest BCUT2D eigenvalue weighted by Crippen LogP contribution is 2.33. The van der Waals surface area contributed by atoms with Gasteiger partial charge in [0.1, 0.15) is 0 Å². The smallest absolute Gasteiger partial charge is 0.309 e. The second kappa shape index (κ2) is 5.41. The fourth-order valence-electron chi connectivity index (χ4n) is 3.22. The zero-order valence-electron chi connectivity index (χ0n) is 12.7. The summed E-state index contributed by atoms with van der Waals surface area (Å²) in [6, 6.07) is 22.6. The third-order valence-corrected chi connectivity index (χ3v) is 4.16. The molecule has 1 heterocycles. The SMILES string of the molecule is FC(F)(F)Cc1ccc2c(c1)c1ccccc1n2-c1ccccc1. The molecule has 0 aliphatic carbocycles. The summed E-state index contributed by atoms with van der Waals surface area (Å²) in [7, 11) is 0. The molecule has 0 radical (unpaired) electrons. The van der Waals surface area contributed by atoms with Gasteiger partial charge in [-0.1, -0.05) is 42.5 Å². The van der Waals surface area contributed by atoms with Crippen LogP contribution in [0.5, 0.6) is 0 Å². The zero-order valence-corrected chi connectivity index (χ0v) is 12.7. The zero-order chi connectivity index (χ0) is 16.7. The maximum atomic E-state index is 12.7. The van der Waals surface area contributed by atoms with Gasteiger partial charge in [-0.15, -0.1) is 0 Å². The Morgan fingerprint density at radius 1 is 0.708 bits per heavy atom. The van der Waals surface area contributed by atoms with E-state index in [1.807, 2.05) is 54.6 Å². The highest BCUT2D eigenvalue weighted by atomic mass is 19.4. The molecule has 0 N–H and O–H groups in total. The predicted molar refractivity (Wildman–Crippen MR) is 90.5 cm³/mol. The molecular weight excluding hydrogens is 311 g/mol. The van der Waals surface area contributed by atoms with Crippen molar-refractivity contribution in [2.75, 3.05) is 0 Å². The molecule has 0 saturated heterocycles. The lowest BCUT2D eigenvalue weighted by Crippen LogP contribution is -2.11. The van der Waals surface area contributed by atoms with E-state index in [9.17, 15) is 13.2 Å². The number of nitrogens with zero attached hydrogens (tertiary/aromatic N) is 1. The second-order valence-electron chi connectivity index (χ2n) is 5.83. The highest BCUT2D eigenvalue weighted by Gasteiger charge is 2.27. The van der Waals surface area contributed by atoms with E-state index < -0.39 is 12.6 Å². The average molecular weight is 325 g/mol. The van der Waals surface area contributed by atoms with Gasteiger partial charge < -0.3 is 4.57 Å². The molecule has 0 atom stereocenters. The van der Waals surface area contributed by atoms with Crippen molar-refractivity contribution in [3.05, 3.63) is 78.4 Å². The minimum atomic E-state index is -4.20. The lowest BCUT2D eigenvalue weighted by atomic mass is 10.1. The van der Waals surface area contributed by atoms with Crippen LogP contribution in [0.4, 0.5) is 13.2 Å². The molecule has 0 fully saturated rings. The Bertz CT molecular complexity index is 1010. The summed E-state index contributed by atoms with van der Waals surface area (Å²) in [6.07, 6.45) is -5.11. The molecule has 4 rings (SSSR count). The standard InChI is InChI=1S/C20H14F3N/c21-20(22,23)13-14-10-11-19-17(12-14)16-8-4-5-9-18(16)24(19)15-6-2-1-3-7-15/h1-12H,13H2. The molecule has 120 valence electrons. The minimum absolute atomic E-state index is 0.283. The molecule has 1 aromatic heterocycles. The third kappa shape index (κ3) is 2.54. The first-order chi connectivity index (χ1) is 11.5. The van der Waals surface area contributed by atoms with E-state index in [0.29, 0.717) is 0 Å². The van der Waals surface area contributed by atoms with Crippen molar-refractivity contribution in [3.63, 3.8) is 0 Å². The Hall–Kier alpha value is -2.75. The van der Waals surface area contributed by atoms with Gasteiger partial charge in [-0.2, -0.15) is 13.2 Å². The van der Waals surface area contributed by atoms with Gasteiger partial charge in [0.05, 0.1) is 17.5 Å². The fraction of sp³-hybridized carbons (Fsp3) is 0.100.